The van der Waals surface area contributed by atoms with E-state index in [1.807, 2.05) is 9.12 Å². The molecule has 0 aliphatic rings. The topological polar surface area (TPSA) is 0 Å². The molecule has 0 aromatic carbocycles. The molecule has 0 N–H and O–H groups in total. The van der Waals surface area contributed by atoms with Crippen LogP contribution in [0.3, 0.4) is 0 Å². The van der Waals surface area contributed by atoms with Crippen molar-refractivity contribution in [3.05, 3.63) is 0 Å². The van der Waals surface area contributed by atoms with E-state index in [2.05, 4.69) is 7.57 Å². The number of hydrogen-bond acceptors (Lipinski definition) is 0. The fourth-order valence-electron chi connectivity index (χ4n) is 0. The van der Waals surface area contributed by atoms with E-state index in [4.69, 9.17) is 0 Å². The molecule has 0 saturated heterocycles. The van der Waals surface area contributed by atoms with Gasteiger partial charge >= 0.3 is 0 Å². The van der Waals surface area contributed by atoms with Gasteiger partial charge < -0.3 is 0 Å². The van der Waals surface area contributed by atoms with E-state index in [1.54, 1.807) is 0 Å². The summed E-state index contributed by atoms with van der Waals surface area (Å²) >= 11 is 0. The molecular weight excluding hydrogens is 242 g/mol. The van der Waals surface area contributed by atoms with Crippen LogP contribution in [-0.2, 0) is 17.1 Å². The summed E-state index contributed by atoms with van der Waals surface area (Å²) in [6, 6.07) is 0. The summed E-state index contributed by atoms with van der Waals surface area (Å²) in [5.74, 6) is 0. The Balaban J connectivity index is -0.00000000500. The van der Waals surface area contributed by atoms with Gasteiger partial charge in [-0.2, -0.15) is 9.12 Å². The van der Waals surface area contributed by atoms with Gasteiger partial charge in [0.15, 0.2) is 0 Å². The van der Waals surface area contributed by atoms with Crippen LogP contribution in [0.2, 0.25) is 0 Å². The molecule has 1 atom stereocenters. The smallest absolute Gasteiger partial charge is 0.0996 e. The second-order valence-corrected chi connectivity index (χ2v) is 0. The third-order valence-corrected chi connectivity index (χ3v) is 0. The molecule has 0 nitrogen and oxygen atoms in total. The van der Waals surface area contributed by atoms with Crippen LogP contribution in [0, 0.1) is 40.8 Å². The van der Waals surface area contributed by atoms with Gasteiger partial charge in [-0.15, -0.1) is 0 Å². The zero-order valence-electron chi connectivity index (χ0n) is 2.01. The molecule has 0 saturated carbocycles. The Hall–Kier alpha value is 2.37. The number of rotatable bonds is 0. The van der Waals surface area contributed by atoms with E-state index < -0.39 is 0 Å². The van der Waals surface area contributed by atoms with E-state index in [9.17, 15) is 0 Å². The molecule has 4 heteroatoms. The fourth-order valence-corrected chi connectivity index (χ4v) is 0. The van der Waals surface area contributed by atoms with Gasteiger partial charge in [-0.25, -0.2) is 0 Å². The molecule has 1 unspecified atom stereocenters. The van der Waals surface area contributed by atoms with Gasteiger partial charge in [-0.05, 0) is 0 Å². The monoisotopic (exact) mass is 242 g/mol. The molecule has 0 aliphatic heterocycles. The molecule has 0 heterocycles. The summed E-state index contributed by atoms with van der Waals surface area (Å²) in [7, 11) is 6.33. The van der Waals surface area contributed by atoms with Crippen molar-refractivity contribution in [1.29, 1.82) is 0 Å². The van der Waals surface area contributed by atoms with Crippen LogP contribution in [0.1, 0.15) is 0 Å². The molecule has 22 valence electrons. The zero-order chi connectivity index (χ0) is 2.00. The van der Waals surface area contributed by atoms with Crippen molar-refractivity contribution in [2.45, 2.75) is 0 Å². The molecule has 0 bridgehead atoms. The van der Waals surface area contributed by atoms with Crippen molar-refractivity contribution in [2.75, 3.05) is 0 Å². The van der Waals surface area contributed by atoms with E-state index in [-0.39, 0.29) is 57.9 Å². The Morgan fingerprint density at radius 1 is 1.25 bits per heavy atom. The summed E-state index contributed by atoms with van der Waals surface area (Å²) in [6.45, 7) is 0. The van der Waals surface area contributed by atoms with Gasteiger partial charge in [0.25, 0.3) is 0 Å². The molecule has 0 aromatic rings. The predicted octanol–water partition coefficient (Wildman–Crippen LogP) is -0.0575. The van der Waals surface area contributed by atoms with Gasteiger partial charge in [-0.1, -0.05) is 0 Å². The van der Waals surface area contributed by atoms with Crippen molar-refractivity contribution in [3.63, 3.8) is 0 Å². The maximum atomic E-state index is 4.42. The SMILES string of the molecule is [B]P.[Fe].[Nd]. The minimum Gasteiger partial charge on any atom is -0.187 e. The second kappa shape index (κ2) is 18.3. The van der Waals surface area contributed by atoms with Gasteiger partial charge in [0.2, 0.25) is 0 Å². The Bertz CT molecular complexity index is 8.00. The summed E-state index contributed by atoms with van der Waals surface area (Å²) in [4.78, 5) is 0. The molecule has 4 heavy (non-hydrogen) atoms. The first-order chi connectivity index (χ1) is 1.00. The van der Waals surface area contributed by atoms with Crippen LogP contribution in [0.5, 0.6) is 0 Å². The first kappa shape index (κ1) is 16.2. The van der Waals surface area contributed by atoms with Gasteiger partial charge in [0, 0.05) is 57.9 Å². The molecule has 0 fully saturated rings. The first-order valence-electron chi connectivity index (χ1n) is 0.333. The minimum atomic E-state index is 0. The zero-order valence-corrected chi connectivity index (χ0v) is 7.48. The molecule has 0 amide bonds. The normalized spacial score (nSPS) is 1.25. The molecular formula is H2BFeNdP. The summed E-state index contributed by atoms with van der Waals surface area (Å²) in [5.41, 5.74) is 0. The minimum absolute atomic E-state index is 0. The molecule has 0 spiro atoms. The molecule has 0 rings (SSSR count). The summed E-state index contributed by atoms with van der Waals surface area (Å²) in [6.07, 6.45) is 0. The quantitative estimate of drug-likeness (QED) is 0.413. The van der Waals surface area contributed by atoms with Crippen LogP contribution in [0.4, 0.5) is 0 Å². The van der Waals surface area contributed by atoms with Gasteiger partial charge in [0.1, 0.15) is 0 Å². The summed E-state index contributed by atoms with van der Waals surface area (Å²) in [5, 5.41) is 0. The van der Waals surface area contributed by atoms with Crippen LogP contribution in [0.15, 0.2) is 0 Å². The van der Waals surface area contributed by atoms with Crippen molar-refractivity contribution in [1.82, 2.24) is 0 Å². The Kier molecular flexibility index (Phi) is 73.9. The van der Waals surface area contributed by atoms with Crippen molar-refractivity contribution < 1.29 is 57.9 Å². The summed E-state index contributed by atoms with van der Waals surface area (Å²) < 4.78 is 0. The molecule has 0 aromatic heterocycles. The maximum absolute atomic E-state index is 4.42. The standard InChI is InChI=1S/BH2P.Fe.Nd/c1-2;;/h2H2;;. The van der Waals surface area contributed by atoms with Gasteiger partial charge in [0.05, 0.1) is 7.57 Å². The van der Waals surface area contributed by atoms with E-state index in [0.717, 1.165) is 0 Å². The van der Waals surface area contributed by atoms with Crippen LogP contribution in [0.25, 0.3) is 0 Å². The largest absolute Gasteiger partial charge is 0.187 e. The molecule has 2 radical (unpaired) electrons. The Morgan fingerprint density at radius 2 is 1.25 bits per heavy atom. The van der Waals surface area contributed by atoms with E-state index in [0.29, 0.717) is 0 Å². The van der Waals surface area contributed by atoms with Crippen LogP contribution < -0.4 is 0 Å². The average Bonchev–Trinajstić information content (AvgIpc) is 1.00. The fraction of sp³-hybridized carbons (Fsp3) is 0. The Morgan fingerprint density at radius 3 is 1.25 bits per heavy atom. The van der Waals surface area contributed by atoms with E-state index >= 15 is 0 Å². The van der Waals surface area contributed by atoms with Crippen LogP contribution in [-0.4, -0.2) is 7.57 Å². The number of hydrogen-bond donors (Lipinski definition) is 0. The third kappa shape index (κ3) is 8.84. The predicted molar refractivity (Wildman–Crippen MR) is 15.5 cm³/mol. The van der Waals surface area contributed by atoms with Gasteiger partial charge in [-0.3, -0.25) is 0 Å². The average molecular weight is 244 g/mol. The van der Waals surface area contributed by atoms with Crippen molar-refractivity contribution >= 4 is 16.7 Å². The first-order valence-corrected chi connectivity index (χ1v) is 1.00. The Labute approximate surface area is 73.4 Å². The van der Waals surface area contributed by atoms with E-state index in [1.165, 1.54) is 0 Å². The second-order valence-electron chi connectivity index (χ2n) is 0. The van der Waals surface area contributed by atoms with Crippen molar-refractivity contribution in [2.24, 2.45) is 0 Å². The van der Waals surface area contributed by atoms with Crippen molar-refractivity contribution in [3.8, 4) is 0 Å². The van der Waals surface area contributed by atoms with Crippen LogP contribution >= 0.6 is 9.12 Å². The maximum Gasteiger partial charge on any atom is 0.0996 e. The molecule has 0 aliphatic carbocycles. The third-order valence-electron chi connectivity index (χ3n) is 0.